The molecule has 6 heteroatoms. The highest BCUT2D eigenvalue weighted by atomic mass is 16.5. The first-order valence-electron chi connectivity index (χ1n) is 9.51. The lowest BCUT2D eigenvalue weighted by atomic mass is 10.1. The Morgan fingerprint density at radius 2 is 2.04 bits per heavy atom. The van der Waals surface area contributed by atoms with Crippen LogP contribution in [0.1, 0.15) is 48.7 Å². The SMILES string of the molecule is CCCCOc1ccc(CNC(=O)CCc2c(C)nn(C)c2C)cc1OC. The van der Waals surface area contributed by atoms with Crippen LogP contribution in [0.3, 0.4) is 0 Å². The van der Waals surface area contributed by atoms with Crippen molar-refractivity contribution >= 4 is 5.91 Å². The van der Waals surface area contributed by atoms with Crippen LogP contribution >= 0.6 is 0 Å². The molecule has 6 nitrogen and oxygen atoms in total. The maximum Gasteiger partial charge on any atom is 0.220 e. The fourth-order valence-electron chi connectivity index (χ4n) is 2.97. The maximum atomic E-state index is 12.2. The van der Waals surface area contributed by atoms with Gasteiger partial charge >= 0.3 is 0 Å². The summed E-state index contributed by atoms with van der Waals surface area (Å²) in [6, 6.07) is 5.77. The van der Waals surface area contributed by atoms with E-state index in [2.05, 4.69) is 17.3 Å². The summed E-state index contributed by atoms with van der Waals surface area (Å²) in [5.41, 5.74) is 4.24. The van der Waals surface area contributed by atoms with Gasteiger partial charge in [0.25, 0.3) is 0 Å². The van der Waals surface area contributed by atoms with E-state index in [0.717, 1.165) is 41.1 Å². The van der Waals surface area contributed by atoms with Crippen molar-refractivity contribution < 1.29 is 14.3 Å². The Labute approximate surface area is 161 Å². The third-order valence-electron chi connectivity index (χ3n) is 4.73. The van der Waals surface area contributed by atoms with E-state index < -0.39 is 0 Å². The van der Waals surface area contributed by atoms with E-state index in [1.165, 1.54) is 0 Å². The van der Waals surface area contributed by atoms with Gasteiger partial charge in [0.15, 0.2) is 11.5 Å². The second kappa shape index (κ2) is 10.00. The largest absolute Gasteiger partial charge is 0.493 e. The Morgan fingerprint density at radius 3 is 2.67 bits per heavy atom. The van der Waals surface area contributed by atoms with Gasteiger partial charge in [-0.2, -0.15) is 5.10 Å². The molecule has 0 atom stereocenters. The lowest BCUT2D eigenvalue weighted by Crippen LogP contribution is -2.23. The second-order valence-corrected chi connectivity index (χ2v) is 6.74. The van der Waals surface area contributed by atoms with Crippen molar-refractivity contribution in [2.45, 2.75) is 53.0 Å². The first-order chi connectivity index (χ1) is 13.0. The first kappa shape index (κ1) is 20.8. The van der Waals surface area contributed by atoms with Crippen molar-refractivity contribution in [2.75, 3.05) is 13.7 Å². The van der Waals surface area contributed by atoms with Gasteiger partial charge in [0, 0.05) is 25.7 Å². The highest BCUT2D eigenvalue weighted by molar-refractivity contribution is 5.76. The quantitative estimate of drug-likeness (QED) is 0.648. The van der Waals surface area contributed by atoms with Gasteiger partial charge in [-0.05, 0) is 49.9 Å². The zero-order valence-corrected chi connectivity index (χ0v) is 17.1. The Balaban J connectivity index is 1.87. The number of nitrogens with one attached hydrogen (secondary N) is 1. The maximum absolute atomic E-state index is 12.2. The highest BCUT2D eigenvalue weighted by Gasteiger charge is 2.12. The van der Waals surface area contributed by atoms with Crippen LogP contribution in [0.4, 0.5) is 0 Å². The molecular weight excluding hydrogens is 342 g/mol. The summed E-state index contributed by atoms with van der Waals surface area (Å²) in [5, 5.41) is 7.37. The molecule has 1 amide bonds. The number of nitrogens with zero attached hydrogens (tertiary/aromatic N) is 2. The molecule has 0 radical (unpaired) electrons. The van der Waals surface area contributed by atoms with E-state index in [1.54, 1.807) is 7.11 Å². The molecule has 0 saturated carbocycles. The fraction of sp³-hybridized carbons (Fsp3) is 0.524. The van der Waals surface area contributed by atoms with E-state index in [4.69, 9.17) is 9.47 Å². The minimum atomic E-state index is 0.0277. The van der Waals surface area contributed by atoms with Gasteiger partial charge < -0.3 is 14.8 Å². The van der Waals surface area contributed by atoms with Crippen molar-refractivity contribution in [2.24, 2.45) is 7.05 Å². The average Bonchev–Trinajstić information content (AvgIpc) is 2.90. The van der Waals surface area contributed by atoms with Crippen LogP contribution in [0.2, 0.25) is 0 Å². The van der Waals surface area contributed by atoms with Gasteiger partial charge in [0.1, 0.15) is 0 Å². The third-order valence-corrected chi connectivity index (χ3v) is 4.73. The molecule has 0 aliphatic carbocycles. The van der Waals surface area contributed by atoms with Crippen molar-refractivity contribution in [1.82, 2.24) is 15.1 Å². The molecule has 1 aromatic carbocycles. The second-order valence-electron chi connectivity index (χ2n) is 6.74. The monoisotopic (exact) mass is 373 g/mol. The Hall–Kier alpha value is -2.50. The number of carbonyl (C=O) groups is 1. The molecule has 27 heavy (non-hydrogen) atoms. The van der Waals surface area contributed by atoms with Gasteiger partial charge in [0.05, 0.1) is 19.4 Å². The minimum absolute atomic E-state index is 0.0277. The number of methoxy groups -OCH3 is 1. The lowest BCUT2D eigenvalue weighted by Gasteiger charge is -2.12. The Kier molecular flexibility index (Phi) is 7.70. The van der Waals surface area contributed by atoms with Crippen LogP contribution in [-0.2, 0) is 24.8 Å². The summed E-state index contributed by atoms with van der Waals surface area (Å²) >= 11 is 0. The number of carbonyl (C=O) groups excluding carboxylic acids is 1. The molecule has 2 aromatic rings. The van der Waals surface area contributed by atoms with Crippen LogP contribution in [0.5, 0.6) is 11.5 Å². The van der Waals surface area contributed by atoms with Gasteiger partial charge in [-0.15, -0.1) is 0 Å². The van der Waals surface area contributed by atoms with Gasteiger partial charge in [0.2, 0.25) is 5.91 Å². The number of unbranched alkanes of at least 4 members (excludes halogenated alkanes) is 1. The number of ether oxygens (including phenoxy) is 2. The molecule has 0 saturated heterocycles. The zero-order chi connectivity index (χ0) is 19.8. The molecule has 0 unspecified atom stereocenters. The van der Waals surface area contributed by atoms with Crippen LogP contribution in [0.15, 0.2) is 18.2 Å². The van der Waals surface area contributed by atoms with Gasteiger partial charge in [-0.1, -0.05) is 19.4 Å². The van der Waals surface area contributed by atoms with Crippen molar-refractivity contribution in [3.8, 4) is 11.5 Å². The molecule has 0 fully saturated rings. The van der Waals surface area contributed by atoms with Crippen LogP contribution in [0, 0.1) is 13.8 Å². The number of hydrogen-bond acceptors (Lipinski definition) is 4. The highest BCUT2D eigenvalue weighted by Crippen LogP contribution is 2.28. The molecular formula is C21H31N3O3. The van der Waals surface area contributed by atoms with E-state index in [9.17, 15) is 4.79 Å². The van der Waals surface area contributed by atoms with Crippen LogP contribution in [0.25, 0.3) is 0 Å². The summed E-state index contributed by atoms with van der Waals surface area (Å²) in [6.45, 7) is 7.29. The molecule has 1 aromatic heterocycles. The standard InChI is InChI=1S/C21H31N3O3/c1-6-7-12-27-19-10-8-17(13-20(19)26-5)14-22-21(25)11-9-18-15(2)23-24(4)16(18)3/h8,10,13H,6-7,9,11-12,14H2,1-5H3,(H,22,25). The van der Waals surface area contributed by atoms with Crippen LogP contribution < -0.4 is 14.8 Å². The average molecular weight is 373 g/mol. The van der Waals surface area contributed by atoms with Crippen molar-refractivity contribution in [3.05, 3.63) is 40.7 Å². The van der Waals surface area contributed by atoms with Gasteiger partial charge in [-0.3, -0.25) is 9.48 Å². The molecule has 2 rings (SSSR count). The smallest absolute Gasteiger partial charge is 0.220 e. The number of rotatable bonds is 10. The summed E-state index contributed by atoms with van der Waals surface area (Å²) in [7, 11) is 3.55. The predicted octanol–water partition coefficient (Wildman–Crippen LogP) is 3.47. The van der Waals surface area contributed by atoms with Crippen LogP contribution in [-0.4, -0.2) is 29.4 Å². The number of hydrogen-bond donors (Lipinski definition) is 1. The minimum Gasteiger partial charge on any atom is -0.493 e. The van der Waals surface area contributed by atoms with Gasteiger partial charge in [-0.25, -0.2) is 0 Å². The zero-order valence-electron chi connectivity index (χ0n) is 17.1. The molecule has 0 aliphatic rings. The molecule has 0 aliphatic heterocycles. The molecule has 1 N–H and O–H groups in total. The first-order valence-corrected chi connectivity index (χ1v) is 9.51. The number of amides is 1. The van der Waals surface area contributed by atoms with Crippen molar-refractivity contribution in [3.63, 3.8) is 0 Å². The number of aryl methyl sites for hydroxylation is 2. The summed E-state index contributed by atoms with van der Waals surface area (Å²) < 4.78 is 13.0. The summed E-state index contributed by atoms with van der Waals surface area (Å²) in [4.78, 5) is 12.2. The van der Waals surface area contributed by atoms with Crippen molar-refractivity contribution in [1.29, 1.82) is 0 Å². The molecule has 0 spiro atoms. The van der Waals surface area contributed by atoms with E-state index in [-0.39, 0.29) is 5.91 Å². The molecule has 0 bridgehead atoms. The Morgan fingerprint density at radius 1 is 1.26 bits per heavy atom. The fourth-order valence-corrected chi connectivity index (χ4v) is 2.97. The molecule has 148 valence electrons. The Bertz CT molecular complexity index is 768. The number of aromatic nitrogens is 2. The predicted molar refractivity (Wildman–Crippen MR) is 106 cm³/mol. The van der Waals surface area contributed by atoms with E-state index >= 15 is 0 Å². The van der Waals surface area contributed by atoms with E-state index in [0.29, 0.717) is 31.7 Å². The number of benzene rings is 1. The topological polar surface area (TPSA) is 65.4 Å². The summed E-state index contributed by atoms with van der Waals surface area (Å²) in [6.07, 6.45) is 3.24. The lowest BCUT2D eigenvalue weighted by molar-refractivity contribution is -0.121. The normalized spacial score (nSPS) is 10.7. The van der Waals surface area contributed by atoms with E-state index in [1.807, 2.05) is 43.8 Å². The molecule has 1 heterocycles. The summed E-state index contributed by atoms with van der Waals surface area (Å²) in [5.74, 6) is 1.46. The third kappa shape index (κ3) is 5.74.